The molecular formula is C14H22N2. The van der Waals surface area contributed by atoms with E-state index in [-0.39, 0.29) is 0 Å². The minimum absolute atomic E-state index is 0.931. The normalized spacial score (nSPS) is 32.2. The third-order valence-corrected chi connectivity index (χ3v) is 4.67. The Hall–Kier alpha value is -0.920. The maximum Gasteiger partial charge on any atom is 0.0366 e. The first-order valence-electron chi connectivity index (χ1n) is 6.63. The molecule has 0 aliphatic heterocycles. The fraction of sp³-hybridized carbons (Fsp3) is 0.714. The third-order valence-electron chi connectivity index (χ3n) is 4.67. The molecule has 1 aromatic heterocycles. The predicted octanol–water partition coefficient (Wildman–Crippen LogP) is 3.08. The van der Waals surface area contributed by atoms with Gasteiger partial charge in [0.25, 0.3) is 0 Å². The van der Waals surface area contributed by atoms with Gasteiger partial charge in [-0.05, 0) is 63.0 Å². The monoisotopic (exact) mass is 218 g/mol. The molecule has 2 nitrogen and oxygen atoms in total. The first-order chi connectivity index (χ1) is 7.74. The molecule has 2 heteroatoms. The van der Waals surface area contributed by atoms with Crippen molar-refractivity contribution in [3.05, 3.63) is 23.5 Å². The Morgan fingerprint density at radius 3 is 2.50 bits per heavy atom. The molecule has 0 aromatic carbocycles. The van der Waals surface area contributed by atoms with E-state index in [9.17, 15) is 0 Å². The smallest absolute Gasteiger partial charge is 0.0366 e. The lowest BCUT2D eigenvalue weighted by molar-refractivity contribution is 0.341. The summed E-state index contributed by atoms with van der Waals surface area (Å²) in [5.41, 5.74) is 6.24. The van der Waals surface area contributed by atoms with Gasteiger partial charge in [-0.2, -0.15) is 0 Å². The standard InChI is InChI=1S/C14H22N2/c1-10-3-4-11(2)16(10)15-9-14-8-12-5-6-13(14)7-12/h3-4,12-15H,5-9H2,1-2H3. The number of nitrogens with one attached hydrogen (secondary N) is 1. The zero-order valence-electron chi connectivity index (χ0n) is 10.4. The third kappa shape index (κ3) is 1.64. The van der Waals surface area contributed by atoms with Gasteiger partial charge in [0, 0.05) is 17.9 Å². The first kappa shape index (κ1) is 10.2. The Morgan fingerprint density at radius 1 is 1.19 bits per heavy atom. The second-order valence-corrected chi connectivity index (χ2v) is 5.75. The molecule has 1 N–H and O–H groups in total. The molecule has 2 aliphatic rings. The number of nitrogens with zero attached hydrogens (tertiary/aromatic N) is 1. The summed E-state index contributed by atoms with van der Waals surface area (Å²) in [6.07, 6.45) is 5.97. The van der Waals surface area contributed by atoms with Gasteiger partial charge in [-0.25, -0.2) is 0 Å². The van der Waals surface area contributed by atoms with Crippen LogP contribution in [0.5, 0.6) is 0 Å². The molecule has 1 heterocycles. The molecule has 2 saturated carbocycles. The quantitative estimate of drug-likeness (QED) is 0.825. The van der Waals surface area contributed by atoms with Crippen LogP contribution in [0, 0.1) is 31.6 Å². The Morgan fingerprint density at radius 2 is 1.94 bits per heavy atom. The van der Waals surface area contributed by atoms with Crippen LogP contribution in [0.4, 0.5) is 0 Å². The zero-order valence-corrected chi connectivity index (χ0v) is 10.4. The predicted molar refractivity (Wildman–Crippen MR) is 67.1 cm³/mol. The molecular weight excluding hydrogens is 196 g/mol. The number of fused-ring (bicyclic) bond motifs is 2. The summed E-state index contributed by atoms with van der Waals surface area (Å²) >= 11 is 0. The maximum absolute atomic E-state index is 3.60. The fourth-order valence-electron chi connectivity index (χ4n) is 3.75. The molecule has 0 spiro atoms. The van der Waals surface area contributed by atoms with E-state index in [1.807, 2.05) is 0 Å². The van der Waals surface area contributed by atoms with Crippen LogP contribution in [-0.2, 0) is 0 Å². The highest BCUT2D eigenvalue weighted by molar-refractivity contribution is 5.15. The van der Waals surface area contributed by atoms with E-state index in [1.54, 1.807) is 0 Å². The van der Waals surface area contributed by atoms with Gasteiger partial charge in [0.15, 0.2) is 0 Å². The van der Waals surface area contributed by atoms with Crippen LogP contribution in [-0.4, -0.2) is 11.2 Å². The largest absolute Gasteiger partial charge is 0.326 e. The van der Waals surface area contributed by atoms with E-state index in [2.05, 4.69) is 36.1 Å². The zero-order chi connectivity index (χ0) is 11.1. The van der Waals surface area contributed by atoms with Crippen molar-refractivity contribution in [2.45, 2.75) is 39.5 Å². The van der Waals surface area contributed by atoms with E-state index in [0.29, 0.717) is 0 Å². The van der Waals surface area contributed by atoms with Crippen LogP contribution in [0.15, 0.2) is 12.1 Å². The Bertz CT molecular complexity index is 361. The summed E-state index contributed by atoms with van der Waals surface area (Å²) in [6, 6.07) is 4.37. The van der Waals surface area contributed by atoms with Gasteiger partial charge < -0.3 is 5.43 Å². The van der Waals surface area contributed by atoms with Gasteiger partial charge in [-0.15, -0.1) is 0 Å². The highest BCUT2D eigenvalue weighted by Crippen LogP contribution is 2.48. The highest BCUT2D eigenvalue weighted by Gasteiger charge is 2.39. The topological polar surface area (TPSA) is 17.0 Å². The molecule has 0 saturated heterocycles. The van der Waals surface area contributed by atoms with Crippen LogP contribution >= 0.6 is 0 Å². The molecule has 3 rings (SSSR count). The minimum atomic E-state index is 0.931. The summed E-state index contributed by atoms with van der Waals surface area (Å²) < 4.78 is 2.24. The van der Waals surface area contributed by atoms with Crippen LogP contribution in [0.25, 0.3) is 0 Å². The van der Waals surface area contributed by atoms with E-state index in [4.69, 9.17) is 0 Å². The number of hydrogen-bond acceptors (Lipinski definition) is 1. The molecule has 0 radical (unpaired) electrons. The molecule has 2 bridgehead atoms. The van der Waals surface area contributed by atoms with E-state index >= 15 is 0 Å². The van der Waals surface area contributed by atoms with Gasteiger partial charge in [-0.1, -0.05) is 6.42 Å². The molecule has 3 unspecified atom stereocenters. The molecule has 2 aliphatic carbocycles. The van der Waals surface area contributed by atoms with Crippen molar-refractivity contribution in [3.63, 3.8) is 0 Å². The Balaban J connectivity index is 1.61. The average molecular weight is 218 g/mol. The lowest BCUT2D eigenvalue weighted by atomic mass is 9.89. The molecule has 0 amide bonds. The molecule has 16 heavy (non-hydrogen) atoms. The van der Waals surface area contributed by atoms with Crippen molar-refractivity contribution >= 4 is 0 Å². The summed E-state index contributed by atoms with van der Waals surface area (Å²) in [6.45, 7) is 5.50. The molecule has 3 atom stereocenters. The SMILES string of the molecule is Cc1ccc(C)n1NCC1CC2CCC1C2. The van der Waals surface area contributed by atoms with Crippen LogP contribution in [0.2, 0.25) is 0 Å². The lowest BCUT2D eigenvalue weighted by Crippen LogP contribution is -2.27. The van der Waals surface area contributed by atoms with Crippen molar-refractivity contribution in [1.82, 2.24) is 4.68 Å². The van der Waals surface area contributed by atoms with E-state index < -0.39 is 0 Å². The van der Waals surface area contributed by atoms with Crippen LogP contribution in [0.1, 0.15) is 37.1 Å². The fourth-order valence-corrected chi connectivity index (χ4v) is 3.75. The van der Waals surface area contributed by atoms with Gasteiger partial charge in [0.2, 0.25) is 0 Å². The van der Waals surface area contributed by atoms with E-state index in [0.717, 1.165) is 24.3 Å². The molecule has 1 aromatic rings. The van der Waals surface area contributed by atoms with Crippen molar-refractivity contribution in [1.29, 1.82) is 0 Å². The minimum Gasteiger partial charge on any atom is -0.326 e. The Labute approximate surface area is 98.0 Å². The van der Waals surface area contributed by atoms with Crippen molar-refractivity contribution in [2.75, 3.05) is 12.0 Å². The number of aryl methyl sites for hydroxylation is 2. The summed E-state index contributed by atoms with van der Waals surface area (Å²) in [7, 11) is 0. The van der Waals surface area contributed by atoms with Crippen molar-refractivity contribution < 1.29 is 0 Å². The second-order valence-electron chi connectivity index (χ2n) is 5.75. The summed E-state index contributed by atoms with van der Waals surface area (Å²) in [5.74, 6) is 3.01. The second kappa shape index (κ2) is 3.83. The molecule has 88 valence electrons. The summed E-state index contributed by atoms with van der Waals surface area (Å²) in [5, 5.41) is 0. The number of hydrogen-bond donors (Lipinski definition) is 1. The van der Waals surface area contributed by atoms with E-state index in [1.165, 1.54) is 37.1 Å². The highest BCUT2D eigenvalue weighted by atomic mass is 15.4. The van der Waals surface area contributed by atoms with Gasteiger partial charge in [-0.3, -0.25) is 4.68 Å². The average Bonchev–Trinajstić information content (AvgIpc) is 2.94. The first-order valence-corrected chi connectivity index (χ1v) is 6.63. The van der Waals surface area contributed by atoms with Crippen molar-refractivity contribution in [2.24, 2.45) is 17.8 Å². The van der Waals surface area contributed by atoms with Crippen molar-refractivity contribution in [3.8, 4) is 0 Å². The lowest BCUT2D eigenvalue weighted by Gasteiger charge is -2.23. The van der Waals surface area contributed by atoms with Crippen LogP contribution < -0.4 is 5.43 Å². The van der Waals surface area contributed by atoms with Gasteiger partial charge >= 0.3 is 0 Å². The number of rotatable bonds is 3. The van der Waals surface area contributed by atoms with Gasteiger partial charge in [0.1, 0.15) is 0 Å². The summed E-state index contributed by atoms with van der Waals surface area (Å²) in [4.78, 5) is 0. The van der Waals surface area contributed by atoms with Crippen LogP contribution in [0.3, 0.4) is 0 Å². The van der Waals surface area contributed by atoms with Gasteiger partial charge in [0.05, 0.1) is 0 Å². The number of aromatic nitrogens is 1. The Kier molecular flexibility index (Phi) is 2.45. The molecule has 2 fully saturated rings. The maximum atomic E-state index is 3.60.